The molecule has 2 heterocycles. The number of nitrogens with one attached hydrogen (secondary N) is 1. The molecular formula is C15H13N3OS. The van der Waals surface area contributed by atoms with E-state index >= 15 is 0 Å². The molecule has 0 saturated heterocycles. The summed E-state index contributed by atoms with van der Waals surface area (Å²) in [5, 5.41) is 11.1. The zero-order valence-corrected chi connectivity index (χ0v) is 11.5. The lowest BCUT2D eigenvalue weighted by molar-refractivity contribution is -0.115. The molecule has 0 unspecified atom stereocenters. The zero-order chi connectivity index (χ0) is 13.8. The lowest BCUT2D eigenvalue weighted by Crippen LogP contribution is -2.14. The van der Waals surface area contributed by atoms with Crippen molar-refractivity contribution in [3.05, 3.63) is 65.0 Å². The number of hydrogen-bond acceptors (Lipinski definition) is 3. The van der Waals surface area contributed by atoms with Crippen LogP contribution in [0.2, 0.25) is 0 Å². The van der Waals surface area contributed by atoms with Gasteiger partial charge in [-0.15, -0.1) is 0 Å². The summed E-state index contributed by atoms with van der Waals surface area (Å²) in [7, 11) is 0. The summed E-state index contributed by atoms with van der Waals surface area (Å²) in [6, 6.07) is 13.5. The Morgan fingerprint density at radius 3 is 2.80 bits per heavy atom. The van der Waals surface area contributed by atoms with Gasteiger partial charge in [0, 0.05) is 12.3 Å². The lowest BCUT2D eigenvalue weighted by Gasteiger charge is -2.01. The van der Waals surface area contributed by atoms with Crippen LogP contribution in [0.3, 0.4) is 0 Å². The molecule has 2 aromatic heterocycles. The molecule has 4 nitrogen and oxygen atoms in total. The first kappa shape index (κ1) is 12.6. The average molecular weight is 283 g/mol. The number of nitrogens with zero attached hydrogens (tertiary/aromatic N) is 2. The van der Waals surface area contributed by atoms with Crippen LogP contribution in [0.4, 0.5) is 5.82 Å². The van der Waals surface area contributed by atoms with Crippen molar-refractivity contribution in [1.29, 1.82) is 0 Å². The minimum absolute atomic E-state index is 0.0540. The fraction of sp³-hybridized carbons (Fsp3) is 0.0667. The summed E-state index contributed by atoms with van der Waals surface area (Å²) in [5.41, 5.74) is 1.99. The van der Waals surface area contributed by atoms with Crippen molar-refractivity contribution in [2.24, 2.45) is 0 Å². The molecule has 1 N–H and O–H groups in total. The molecule has 0 bridgehead atoms. The second kappa shape index (κ2) is 5.71. The first-order valence-corrected chi connectivity index (χ1v) is 7.17. The Labute approximate surface area is 120 Å². The number of para-hydroxylation sites is 1. The third kappa shape index (κ3) is 2.95. The summed E-state index contributed by atoms with van der Waals surface area (Å²) < 4.78 is 1.74. The van der Waals surface area contributed by atoms with Gasteiger partial charge >= 0.3 is 0 Å². The van der Waals surface area contributed by atoms with Gasteiger partial charge in [-0.25, -0.2) is 4.68 Å². The largest absolute Gasteiger partial charge is 0.309 e. The van der Waals surface area contributed by atoms with Gasteiger partial charge in [0.05, 0.1) is 12.1 Å². The Morgan fingerprint density at radius 1 is 1.20 bits per heavy atom. The summed E-state index contributed by atoms with van der Waals surface area (Å²) >= 11 is 1.59. The van der Waals surface area contributed by atoms with Crippen LogP contribution in [0.5, 0.6) is 0 Å². The fourth-order valence-corrected chi connectivity index (χ4v) is 2.55. The van der Waals surface area contributed by atoms with Gasteiger partial charge in [0.2, 0.25) is 5.91 Å². The van der Waals surface area contributed by atoms with Crippen molar-refractivity contribution < 1.29 is 4.79 Å². The van der Waals surface area contributed by atoms with Crippen LogP contribution >= 0.6 is 11.3 Å². The maximum Gasteiger partial charge on any atom is 0.230 e. The molecule has 0 spiro atoms. The number of benzene rings is 1. The van der Waals surface area contributed by atoms with E-state index in [2.05, 4.69) is 10.4 Å². The van der Waals surface area contributed by atoms with Crippen LogP contribution in [0.15, 0.2) is 59.4 Å². The third-order valence-corrected chi connectivity index (χ3v) is 3.55. The average Bonchev–Trinajstić information content (AvgIpc) is 3.11. The fourth-order valence-electron chi connectivity index (χ4n) is 1.88. The molecule has 5 heteroatoms. The van der Waals surface area contributed by atoms with Gasteiger partial charge in [-0.05, 0) is 34.5 Å². The molecule has 0 aliphatic carbocycles. The van der Waals surface area contributed by atoms with Crippen molar-refractivity contribution in [3.8, 4) is 5.69 Å². The van der Waals surface area contributed by atoms with Gasteiger partial charge in [0.25, 0.3) is 0 Å². The molecule has 3 aromatic rings. The number of thiophene rings is 1. The highest BCUT2D eigenvalue weighted by molar-refractivity contribution is 7.08. The number of hydrogen-bond donors (Lipinski definition) is 1. The predicted octanol–water partition coefficient (Wildman–Crippen LogP) is 3.12. The molecule has 100 valence electrons. The SMILES string of the molecule is O=C(Cc1ccsc1)Nc1ccn(-c2ccccc2)n1. The number of carbonyl (C=O) groups excluding carboxylic acids is 1. The van der Waals surface area contributed by atoms with Crippen molar-refractivity contribution in [2.45, 2.75) is 6.42 Å². The predicted molar refractivity (Wildman–Crippen MR) is 80.2 cm³/mol. The highest BCUT2D eigenvalue weighted by Gasteiger charge is 2.07. The quantitative estimate of drug-likeness (QED) is 0.799. The normalized spacial score (nSPS) is 10.4. The van der Waals surface area contributed by atoms with Crippen LogP contribution < -0.4 is 5.32 Å². The zero-order valence-electron chi connectivity index (χ0n) is 10.7. The number of rotatable bonds is 4. The molecule has 1 aromatic carbocycles. The number of amides is 1. The first-order valence-electron chi connectivity index (χ1n) is 6.23. The van der Waals surface area contributed by atoms with E-state index in [-0.39, 0.29) is 5.91 Å². The third-order valence-electron chi connectivity index (χ3n) is 2.82. The van der Waals surface area contributed by atoms with E-state index < -0.39 is 0 Å². The van der Waals surface area contributed by atoms with Gasteiger partial charge in [0.15, 0.2) is 5.82 Å². The first-order chi connectivity index (χ1) is 9.81. The molecule has 0 atom stereocenters. The van der Waals surface area contributed by atoms with Crippen molar-refractivity contribution in [1.82, 2.24) is 9.78 Å². The molecule has 0 aliphatic rings. The topological polar surface area (TPSA) is 46.9 Å². The maximum absolute atomic E-state index is 11.9. The van der Waals surface area contributed by atoms with Crippen LogP contribution in [-0.4, -0.2) is 15.7 Å². The van der Waals surface area contributed by atoms with Crippen LogP contribution in [0, 0.1) is 0 Å². The molecule has 1 amide bonds. The van der Waals surface area contributed by atoms with E-state index in [1.807, 2.05) is 53.4 Å². The van der Waals surface area contributed by atoms with E-state index in [1.54, 1.807) is 22.1 Å². The number of aromatic nitrogens is 2. The summed E-state index contributed by atoms with van der Waals surface area (Å²) in [6.07, 6.45) is 2.21. The van der Waals surface area contributed by atoms with Gasteiger partial charge < -0.3 is 5.32 Å². The minimum Gasteiger partial charge on any atom is -0.309 e. The number of anilines is 1. The maximum atomic E-state index is 11.9. The Balaban J connectivity index is 1.67. The molecule has 0 radical (unpaired) electrons. The highest BCUT2D eigenvalue weighted by Crippen LogP contribution is 2.11. The molecule has 3 rings (SSSR count). The monoisotopic (exact) mass is 283 g/mol. The van der Waals surface area contributed by atoms with E-state index in [9.17, 15) is 4.79 Å². The van der Waals surface area contributed by atoms with Crippen LogP contribution in [-0.2, 0) is 11.2 Å². The Hall–Kier alpha value is -2.40. The Morgan fingerprint density at radius 2 is 2.05 bits per heavy atom. The van der Waals surface area contributed by atoms with E-state index in [0.29, 0.717) is 12.2 Å². The molecular weight excluding hydrogens is 270 g/mol. The summed E-state index contributed by atoms with van der Waals surface area (Å²) in [4.78, 5) is 11.9. The summed E-state index contributed by atoms with van der Waals surface area (Å²) in [6.45, 7) is 0. The highest BCUT2D eigenvalue weighted by atomic mass is 32.1. The van der Waals surface area contributed by atoms with E-state index in [4.69, 9.17) is 0 Å². The van der Waals surface area contributed by atoms with E-state index in [0.717, 1.165) is 11.3 Å². The van der Waals surface area contributed by atoms with Gasteiger partial charge in [-0.2, -0.15) is 16.4 Å². The molecule has 20 heavy (non-hydrogen) atoms. The standard InChI is InChI=1S/C15H13N3OS/c19-15(10-12-7-9-20-11-12)16-14-6-8-18(17-14)13-4-2-1-3-5-13/h1-9,11H,10H2,(H,16,17,19). The van der Waals surface area contributed by atoms with Gasteiger partial charge in [-0.1, -0.05) is 18.2 Å². The smallest absolute Gasteiger partial charge is 0.230 e. The van der Waals surface area contributed by atoms with Crippen LogP contribution in [0.25, 0.3) is 5.69 Å². The van der Waals surface area contributed by atoms with Gasteiger partial charge in [0.1, 0.15) is 0 Å². The Bertz CT molecular complexity index is 689. The van der Waals surface area contributed by atoms with Crippen molar-refractivity contribution in [3.63, 3.8) is 0 Å². The minimum atomic E-state index is -0.0540. The van der Waals surface area contributed by atoms with Crippen molar-refractivity contribution >= 4 is 23.1 Å². The van der Waals surface area contributed by atoms with Crippen molar-refractivity contribution in [2.75, 3.05) is 5.32 Å². The van der Waals surface area contributed by atoms with Crippen LogP contribution in [0.1, 0.15) is 5.56 Å². The second-order valence-electron chi connectivity index (χ2n) is 4.34. The summed E-state index contributed by atoms with van der Waals surface area (Å²) in [5.74, 6) is 0.510. The molecule has 0 fully saturated rings. The molecule has 0 saturated carbocycles. The lowest BCUT2D eigenvalue weighted by atomic mass is 10.2. The van der Waals surface area contributed by atoms with E-state index in [1.165, 1.54) is 0 Å². The number of carbonyl (C=O) groups is 1. The van der Waals surface area contributed by atoms with Gasteiger partial charge in [-0.3, -0.25) is 4.79 Å². The Kier molecular flexibility index (Phi) is 3.60. The molecule has 0 aliphatic heterocycles. The second-order valence-corrected chi connectivity index (χ2v) is 5.12.